The van der Waals surface area contributed by atoms with Gasteiger partial charge in [0.15, 0.2) is 0 Å². The Morgan fingerprint density at radius 1 is 1.44 bits per heavy atom. The van der Waals surface area contributed by atoms with Crippen molar-refractivity contribution in [1.29, 1.82) is 5.41 Å². The van der Waals surface area contributed by atoms with E-state index < -0.39 is 0 Å². The fraction of sp³-hybridized carbons (Fsp3) is 0.385. The van der Waals surface area contributed by atoms with E-state index in [-0.39, 0.29) is 17.9 Å². The molecule has 0 aromatic heterocycles. The van der Waals surface area contributed by atoms with Gasteiger partial charge in [0.05, 0.1) is 5.84 Å². The average molecular weight is 248 g/mol. The Morgan fingerprint density at radius 3 is 2.61 bits per heavy atom. The Balaban J connectivity index is 2.43. The van der Waals surface area contributed by atoms with E-state index in [1.807, 2.05) is 37.3 Å². The zero-order chi connectivity index (χ0) is 13.5. The van der Waals surface area contributed by atoms with Crippen molar-refractivity contribution in [3.05, 3.63) is 35.9 Å². The molecule has 0 fully saturated rings. The number of benzene rings is 1. The Labute approximate surface area is 107 Å². The van der Waals surface area contributed by atoms with Crippen LogP contribution >= 0.6 is 0 Å². The number of nitrogens with two attached hydrogens (primary N) is 1. The molecule has 0 aliphatic heterocycles. The molecular formula is C13H20N4O. The summed E-state index contributed by atoms with van der Waals surface area (Å²) in [6, 6.07) is 9.48. The normalized spacial score (nSPS) is 11.7. The van der Waals surface area contributed by atoms with Crippen LogP contribution in [0.3, 0.4) is 0 Å². The van der Waals surface area contributed by atoms with Gasteiger partial charge in [0.1, 0.15) is 0 Å². The predicted octanol–water partition coefficient (Wildman–Crippen LogP) is 1.54. The number of carbonyl (C=O) groups excluding carboxylic acids is 1. The Hall–Kier alpha value is -2.04. The van der Waals surface area contributed by atoms with Crippen LogP contribution in [0.1, 0.15) is 18.9 Å². The van der Waals surface area contributed by atoms with Crippen LogP contribution in [-0.2, 0) is 6.54 Å². The molecule has 1 unspecified atom stereocenters. The molecule has 4 N–H and O–H groups in total. The highest BCUT2D eigenvalue weighted by atomic mass is 16.2. The number of amidine groups is 1. The number of nitrogens with one attached hydrogen (secondary N) is 2. The molecule has 98 valence electrons. The summed E-state index contributed by atoms with van der Waals surface area (Å²) < 4.78 is 0. The van der Waals surface area contributed by atoms with Crippen LogP contribution in [0.5, 0.6) is 0 Å². The van der Waals surface area contributed by atoms with Crippen LogP contribution < -0.4 is 11.1 Å². The predicted molar refractivity (Wildman–Crippen MR) is 72.4 cm³/mol. The van der Waals surface area contributed by atoms with E-state index in [4.69, 9.17) is 11.1 Å². The van der Waals surface area contributed by atoms with Crippen molar-refractivity contribution in [1.82, 2.24) is 10.2 Å². The van der Waals surface area contributed by atoms with Gasteiger partial charge in [-0.05, 0) is 12.5 Å². The zero-order valence-electron chi connectivity index (χ0n) is 10.8. The van der Waals surface area contributed by atoms with Crippen LogP contribution in [0.15, 0.2) is 30.3 Å². The van der Waals surface area contributed by atoms with E-state index in [2.05, 4.69) is 5.32 Å². The number of carbonyl (C=O) groups is 1. The summed E-state index contributed by atoms with van der Waals surface area (Å²) >= 11 is 0. The first kappa shape index (κ1) is 14.0. The maximum Gasteiger partial charge on any atom is 0.317 e. The molecule has 0 aliphatic rings. The lowest BCUT2D eigenvalue weighted by Crippen LogP contribution is -2.43. The van der Waals surface area contributed by atoms with Gasteiger partial charge in [-0.25, -0.2) is 4.79 Å². The molecule has 0 radical (unpaired) electrons. The van der Waals surface area contributed by atoms with Crippen molar-refractivity contribution in [3.63, 3.8) is 0 Å². The highest BCUT2D eigenvalue weighted by Crippen LogP contribution is 2.02. The van der Waals surface area contributed by atoms with Crippen LogP contribution in [0.4, 0.5) is 4.79 Å². The van der Waals surface area contributed by atoms with Crippen molar-refractivity contribution in [2.24, 2.45) is 5.73 Å². The maximum absolute atomic E-state index is 11.8. The zero-order valence-corrected chi connectivity index (χ0v) is 10.8. The molecule has 1 aromatic rings. The molecule has 1 rings (SSSR count). The average Bonchev–Trinajstić information content (AvgIpc) is 2.35. The lowest BCUT2D eigenvalue weighted by Gasteiger charge is -2.24. The minimum atomic E-state index is -0.160. The van der Waals surface area contributed by atoms with Gasteiger partial charge in [-0.3, -0.25) is 5.41 Å². The number of rotatable bonds is 5. The SMILES string of the molecule is CC(CC(=N)N)N(C)C(=O)NCc1ccccc1. The summed E-state index contributed by atoms with van der Waals surface area (Å²) in [7, 11) is 1.70. The molecular weight excluding hydrogens is 228 g/mol. The molecule has 0 spiro atoms. The summed E-state index contributed by atoms with van der Waals surface area (Å²) in [4.78, 5) is 13.4. The van der Waals surface area contributed by atoms with E-state index in [1.54, 1.807) is 11.9 Å². The molecule has 0 bridgehead atoms. The van der Waals surface area contributed by atoms with Crippen LogP contribution in [0.25, 0.3) is 0 Å². The van der Waals surface area contributed by atoms with E-state index in [0.29, 0.717) is 13.0 Å². The van der Waals surface area contributed by atoms with Crippen molar-refractivity contribution in [2.75, 3.05) is 7.05 Å². The number of nitrogens with zero attached hydrogens (tertiary/aromatic N) is 1. The topological polar surface area (TPSA) is 82.2 Å². The minimum absolute atomic E-state index is 0.0849. The Morgan fingerprint density at radius 2 is 2.06 bits per heavy atom. The first-order valence-corrected chi connectivity index (χ1v) is 5.88. The third kappa shape index (κ3) is 4.45. The van der Waals surface area contributed by atoms with Gasteiger partial charge in [-0.1, -0.05) is 30.3 Å². The molecule has 0 aliphatic carbocycles. The highest BCUT2D eigenvalue weighted by Gasteiger charge is 2.15. The van der Waals surface area contributed by atoms with E-state index in [0.717, 1.165) is 5.56 Å². The molecule has 0 saturated carbocycles. The minimum Gasteiger partial charge on any atom is -0.388 e. The number of amides is 2. The van der Waals surface area contributed by atoms with Crippen molar-refractivity contribution >= 4 is 11.9 Å². The van der Waals surface area contributed by atoms with Gasteiger partial charge in [0, 0.05) is 26.1 Å². The molecule has 1 aromatic carbocycles. The van der Waals surface area contributed by atoms with E-state index in [9.17, 15) is 4.79 Å². The molecule has 2 amide bonds. The Bertz CT molecular complexity index is 405. The van der Waals surface area contributed by atoms with Gasteiger partial charge >= 0.3 is 6.03 Å². The van der Waals surface area contributed by atoms with E-state index in [1.165, 1.54) is 0 Å². The van der Waals surface area contributed by atoms with Gasteiger partial charge in [0.25, 0.3) is 0 Å². The van der Waals surface area contributed by atoms with Crippen molar-refractivity contribution < 1.29 is 4.79 Å². The van der Waals surface area contributed by atoms with Gasteiger partial charge in [-0.15, -0.1) is 0 Å². The maximum atomic E-state index is 11.8. The first-order valence-electron chi connectivity index (χ1n) is 5.88. The molecule has 5 nitrogen and oxygen atoms in total. The standard InChI is InChI=1S/C13H20N4O/c1-10(8-12(14)15)17(2)13(18)16-9-11-6-4-3-5-7-11/h3-7,10H,8-9H2,1-2H3,(H3,14,15)(H,16,18). The van der Waals surface area contributed by atoms with Crippen molar-refractivity contribution in [3.8, 4) is 0 Å². The summed E-state index contributed by atoms with van der Waals surface area (Å²) in [6.07, 6.45) is 0.384. The number of urea groups is 1. The highest BCUT2D eigenvalue weighted by molar-refractivity contribution is 5.79. The monoisotopic (exact) mass is 248 g/mol. The summed E-state index contributed by atoms with van der Waals surface area (Å²) in [5.74, 6) is 0.0882. The molecule has 5 heteroatoms. The van der Waals surface area contributed by atoms with Gasteiger partial charge in [-0.2, -0.15) is 0 Å². The Kier molecular flexibility index (Phi) is 5.17. The summed E-state index contributed by atoms with van der Waals surface area (Å²) in [5, 5.41) is 10.0. The van der Waals surface area contributed by atoms with Crippen molar-refractivity contribution in [2.45, 2.75) is 25.9 Å². The van der Waals surface area contributed by atoms with Crippen LogP contribution in [-0.4, -0.2) is 29.9 Å². The fourth-order valence-electron chi connectivity index (χ4n) is 1.55. The van der Waals surface area contributed by atoms with Crippen LogP contribution in [0, 0.1) is 5.41 Å². The molecule has 0 saturated heterocycles. The van der Waals surface area contributed by atoms with E-state index >= 15 is 0 Å². The van der Waals surface area contributed by atoms with Gasteiger partial charge in [0.2, 0.25) is 0 Å². The lowest BCUT2D eigenvalue weighted by molar-refractivity contribution is 0.195. The summed E-state index contributed by atoms with van der Waals surface area (Å²) in [6.45, 7) is 2.36. The first-order chi connectivity index (χ1) is 8.50. The largest absolute Gasteiger partial charge is 0.388 e. The smallest absolute Gasteiger partial charge is 0.317 e. The van der Waals surface area contributed by atoms with Crippen LogP contribution in [0.2, 0.25) is 0 Å². The molecule has 0 heterocycles. The second kappa shape index (κ2) is 6.64. The second-order valence-corrected chi connectivity index (χ2v) is 4.33. The van der Waals surface area contributed by atoms with Gasteiger partial charge < -0.3 is 16.0 Å². The number of hydrogen-bond acceptors (Lipinski definition) is 2. The lowest BCUT2D eigenvalue weighted by atomic mass is 10.2. The quantitative estimate of drug-likeness (QED) is 0.545. The number of hydrogen-bond donors (Lipinski definition) is 3. The third-order valence-corrected chi connectivity index (χ3v) is 2.78. The molecule has 18 heavy (non-hydrogen) atoms. The molecule has 1 atom stereocenters. The summed E-state index contributed by atoms with van der Waals surface area (Å²) in [5.41, 5.74) is 6.38. The second-order valence-electron chi connectivity index (χ2n) is 4.33. The fourth-order valence-corrected chi connectivity index (χ4v) is 1.55. The third-order valence-electron chi connectivity index (χ3n) is 2.78.